The molecule has 3 atom stereocenters. The van der Waals surface area contributed by atoms with Gasteiger partial charge in [0.15, 0.2) is 0 Å². The fraction of sp³-hybridized carbons (Fsp3) is 0.500. The lowest BCUT2D eigenvalue weighted by molar-refractivity contribution is 0.0160. The standard InChI is InChI=1S/C12H15NO/c1-8-2-4-9(5-3-8)12-11-6-10(14-12)7-13-11/h2-5,10-13H,6-7H2,1H3. The summed E-state index contributed by atoms with van der Waals surface area (Å²) < 4.78 is 5.92. The monoisotopic (exact) mass is 189 g/mol. The molecule has 2 bridgehead atoms. The van der Waals surface area contributed by atoms with E-state index in [0.29, 0.717) is 12.1 Å². The number of ether oxygens (including phenoxy) is 1. The minimum absolute atomic E-state index is 0.286. The van der Waals surface area contributed by atoms with Gasteiger partial charge in [0.2, 0.25) is 0 Å². The molecule has 1 N–H and O–H groups in total. The zero-order valence-corrected chi connectivity index (χ0v) is 8.36. The van der Waals surface area contributed by atoms with Gasteiger partial charge in [-0.05, 0) is 18.9 Å². The Hall–Kier alpha value is -0.860. The summed E-state index contributed by atoms with van der Waals surface area (Å²) >= 11 is 0. The molecule has 0 aromatic heterocycles. The van der Waals surface area contributed by atoms with E-state index in [1.807, 2.05) is 0 Å². The molecule has 0 saturated carbocycles. The fourth-order valence-electron chi connectivity index (χ4n) is 2.44. The van der Waals surface area contributed by atoms with E-state index in [0.717, 1.165) is 6.54 Å². The van der Waals surface area contributed by atoms with Gasteiger partial charge in [0.05, 0.1) is 12.2 Å². The van der Waals surface area contributed by atoms with E-state index in [2.05, 4.69) is 36.5 Å². The molecule has 1 aromatic rings. The zero-order chi connectivity index (χ0) is 9.54. The van der Waals surface area contributed by atoms with Gasteiger partial charge in [0.1, 0.15) is 0 Å². The normalized spacial score (nSPS) is 35.1. The van der Waals surface area contributed by atoms with Crippen molar-refractivity contribution in [2.45, 2.75) is 31.6 Å². The van der Waals surface area contributed by atoms with Crippen molar-refractivity contribution in [1.82, 2.24) is 5.32 Å². The van der Waals surface area contributed by atoms with E-state index >= 15 is 0 Å². The van der Waals surface area contributed by atoms with Crippen molar-refractivity contribution in [2.24, 2.45) is 0 Å². The molecule has 2 fully saturated rings. The van der Waals surface area contributed by atoms with Crippen LogP contribution in [-0.2, 0) is 4.74 Å². The molecule has 0 aliphatic carbocycles. The van der Waals surface area contributed by atoms with Crippen LogP contribution in [-0.4, -0.2) is 18.7 Å². The van der Waals surface area contributed by atoms with E-state index in [1.165, 1.54) is 17.5 Å². The number of nitrogens with one attached hydrogen (secondary N) is 1. The summed E-state index contributed by atoms with van der Waals surface area (Å²) in [6, 6.07) is 9.22. The first-order chi connectivity index (χ1) is 6.83. The van der Waals surface area contributed by atoms with Crippen molar-refractivity contribution in [1.29, 1.82) is 0 Å². The van der Waals surface area contributed by atoms with E-state index in [-0.39, 0.29) is 6.10 Å². The zero-order valence-electron chi connectivity index (χ0n) is 8.36. The number of morpholine rings is 1. The van der Waals surface area contributed by atoms with Crippen LogP contribution in [0.3, 0.4) is 0 Å². The first-order valence-corrected chi connectivity index (χ1v) is 5.28. The van der Waals surface area contributed by atoms with Gasteiger partial charge in [-0.3, -0.25) is 0 Å². The highest BCUT2D eigenvalue weighted by atomic mass is 16.5. The fourth-order valence-corrected chi connectivity index (χ4v) is 2.44. The molecule has 2 heterocycles. The molecular formula is C12H15NO. The van der Waals surface area contributed by atoms with Crippen molar-refractivity contribution < 1.29 is 4.74 Å². The highest BCUT2D eigenvalue weighted by Crippen LogP contribution is 2.36. The van der Waals surface area contributed by atoms with Crippen LogP contribution >= 0.6 is 0 Å². The van der Waals surface area contributed by atoms with Crippen molar-refractivity contribution in [3.8, 4) is 0 Å². The van der Waals surface area contributed by atoms with Crippen LogP contribution in [0.1, 0.15) is 23.7 Å². The summed E-state index contributed by atoms with van der Waals surface area (Å²) in [5.74, 6) is 0. The number of fused-ring (bicyclic) bond motifs is 2. The molecule has 2 nitrogen and oxygen atoms in total. The number of hydrogen-bond donors (Lipinski definition) is 1. The van der Waals surface area contributed by atoms with Crippen LogP contribution in [0.2, 0.25) is 0 Å². The molecule has 0 spiro atoms. The van der Waals surface area contributed by atoms with E-state index in [9.17, 15) is 0 Å². The van der Waals surface area contributed by atoms with Gasteiger partial charge in [-0.15, -0.1) is 0 Å². The summed E-state index contributed by atoms with van der Waals surface area (Å²) in [6.07, 6.45) is 1.92. The van der Waals surface area contributed by atoms with Crippen LogP contribution in [0.25, 0.3) is 0 Å². The lowest BCUT2D eigenvalue weighted by atomic mass is 10.0. The smallest absolute Gasteiger partial charge is 0.0983 e. The Morgan fingerprint density at radius 3 is 2.64 bits per heavy atom. The SMILES string of the molecule is Cc1ccc(C2OC3CNC2C3)cc1. The first kappa shape index (κ1) is 8.45. The Morgan fingerprint density at radius 1 is 1.29 bits per heavy atom. The Bertz CT molecular complexity index is 333. The quantitative estimate of drug-likeness (QED) is 0.727. The van der Waals surface area contributed by atoms with Gasteiger partial charge in [-0.1, -0.05) is 29.8 Å². The maximum absolute atomic E-state index is 5.92. The Kier molecular flexibility index (Phi) is 1.85. The van der Waals surface area contributed by atoms with Crippen LogP contribution in [0.4, 0.5) is 0 Å². The third-order valence-electron chi connectivity index (χ3n) is 3.23. The van der Waals surface area contributed by atoms with Crippen LogP contribution in [0.15, 0.2) is 24.3 Å². The minimum atomic E-state index is 0.286. The third-order valence-corrected chi connectivity index (χ3v) is 3.23. The second-order valence-corrected chi connectivity index (χ2v) is 4.34. The van der Waals surface area contributed by atoms with Crippen LogP contribution < -0.4 is 5.32 Å². The van der Waals surface area contributed by atoms with Gasteiger partial charge in [0.25, 0.3) is 0 Å². The van der Waals surface area contributed by atoms with Gasteiger partial charge >= 0.3 is 0 Å². The molecule has 3 rings (SSSR count). The molecule has 2 saturated heterocycles. The molecule has 14 heavy (non-hydrogen) atoms. The Labute approximate surface area is 84.3 Å². The van der Waals surface area contributed by atoms with Crippen LogP contribution in [0, 0.1) is 6.92 Å². The van der Waals surface area contributed by atoms with Crippen molar-refractivity contribution in [2.75, 3.05) is 6.54 Å². The predicted octanol–water partition coefficient (Wildman–Crippen LogP) is 1.80. The largest absolute Gasteiger partial charge is 0.367 e. The molecular weight excluding hydrogens is 174 g/mol. The summed E-state index contributed by atoms with van der Waals surface area (Å²) in [7, 11) is 0. The second-order valence-electron chi connectivity index (χ2n) is 4.34. The van der Waals surface area contributed by atoms with Gasteiger partial charge < -0.3 is 10.1 Å². The molecule has 3 unspecified atom stereocenters. The first-order valence-electron chi connectivity index (χ1n) is 5.28. The third kappa shape index (κ3) is 1.26. The Balaban J connectivity index is 1.86. The topological polar surface area (TPSA) is 21.3 Å². The van der Waals surface area contributed by atoms with Gasteiger partial charge in [0, 0.05) is 12.6 Å². The van der Waals surface area contributed by atoms with Crippen LogP contribution in [0.5, 0.6) is 0 Å². The molecule has 2 heteroatoms. The van der Waals surface area contributed by atoms with Crippen molar-refractivity contribution >= 4 is 0 Å². The number of hydrogen-bond acceptors (Lipinski definition) is 2. The lowest BCUT2D eigenvalue weighted by Gasteiger charge is -2.23. The highest BCUT2D eigenvalue weighted by molar-refractivity contribution is 5.25. The Morgan fingerprint density at radius 2 is 2.07 bits per heavy atom. The highest BCUT2D eigenvalue weighted by Gasteiger charge is 2.40. The molecule has 0 radical (unpaired) electrons. The molecule has 2 aliphatic heterocycles. The average Bonchev–Trinajstić information content (AvgIpc) is 2.80. The summed E-state index contributed by atoms with van der Waals surface area (Å²) in [5.41, 5.74) is 2.63. The molecule has 1 aromatic carbocycles. The lowest BCUT2D eigenvalue weighted by Crippen LogP contribution is -2.33. The predicted molar refractivity (Wildman–Crippen MR) is 55.2 cm³/mol. The minimum Gasteiger partial charge on any atom is -0.367 e. The van der Waals surface area contributed by atoms with E-state index in [1.54, 1.807) is 0 Å². The van der Waals surface area contributed by atoms with Gasteiger partial charge in [-0.25, -0.2) is 0 Å². The van der Waals surface area contributed by atoms with E-state index < -0.39 is 0 Å². The van der Waals surface area contributed by atoms with E-state index in [4.69, 9.17) is 4.74 Å². The number of benzene rings is 1. The summed E-state index contributed by atoms with van der Waals surface area (Å²) in [4.78, 5) is 0. The summed E-state index contributed by atoms with van der Waals surface area (Å²) in [6.45, 7) is 3.15. The average molecular weight is 189 g/mol. The van der Waals surface area contributed by atoms with Gasteiger partial charge in [-0.2, -0.15) is 0 Å². The molecule has 2 aliphatic rings. The number of rotatable bonds is 1. The molecule has 74 valence electrons. The van der Waals surface area contributed by atoms with Crippen molar-refractivity contribution in [3.05, 3.63) is 35.4 Å². The van der Waals surface area contributed by atoms with Crippen molar-refractivity contribution in [3.63, 3.8) is 0 Å². The number of aryl methyl sites for hydroxylation is 1. The maximum atomic E-state index is 5.92. The molecule has 0 amide bonds. The summed E-state index contributed by atoms with van der Waals surface area (Å²) in [5, 5.41) is 3.49. The maximum Gasteiger partial charge on any atom is 0.0983 e. The second kappa shape index (κ2) is 3.07.